The van der Waals surface area contributed by atoms with Gasteiger partial charge in [-0.25, -0.2) is 21.6 Å². The van der Waals surface area contributed by atoms with Gasteiger partial charge in [-0.2, -0.15) is 0 Å². The van der Waals surface area contributed by atoms with Crippen molar-refractivity contribution < 1.29 is 36.3 Å². The van der Waals surface area contributed by atoms with E-state index in [9.17, 15) is 36.3 Å². The highest BCUT2D eigenvalue weighted by molar-refractivity contribution is 7.92. The first kappa shape index (κ1) is 28.4. The highest BCUT2D eigenvalue weighted by atomic mass is 35.5. The van der Waals surface area contributed by atoms with E-state index >= 15 is 0 Å². The summed E-state index contributed by atoms with van der Waals surface area (Å²) in [6, 6.07) is 4.80. The first-order valence-corrected chi connectivity index (χ1v) is 14.2. The lowest BCUT2D eigenvalue weighted by Gasteiger charge is -2.42. The quantitative estimate of drug-likeness (QED) is 0.424. The number of sulfone groups is 1. The van der Waals surface area contributed by atoms with Crippen molar-refractivity contribution in [3.63, 3.8) is 0 Å². The number of amides is 2. The van der Waals surface area contributed by atoms with Gasteiger partial charge >= 0.3 is 0 Å². The van der Waals surface area contributed by atoms with Crippen molar-refractivity contribution in [3.05, 3.63) is 58.4 Å². The maximum Gasteiger partial charge on any atom is 0.255 e. The highest BCUT2D eigenvalue weighted by Crippen LogP contribution is 2.52. The van der Waals surface area contributed by atoms with Crippen molar-refractivity contribution in [2.75, 3.05) is 11.9 Å². The maximum absolute atomic E-state index is 13.6. The van der Waals surface area contributed by atoms with Crippen molar-refractivity contribution >= 4 is 38.9 Å². The third-order valence-electron chi connectivity index (χ3n) is 7.62. The lowest BCUT2D eigenvalue weighted by molar-refractivity contribution is -0.127. The molecule has 206 valence electrons. The number of fused-ring (bicyclic) bond motifs is 2. The molecule has 2 fully saturated rings. The van der Waals surface area contributed by atoms with Crippen LogP contribution in [0.5, 0.6) is 0 Å². The zero-order chi connectivity index (χ0) is 28.0. The molecule has 0 radical (unpaired) electrons. The largest absolute Gasteiger partial charge is 0.387 e. The fraction of sp³-hybridized carbons (Fsp3) is 0.462. The van der Waals surface area contributed by atoms with Gasteiger partial charge < -0.3 is 15.7 Å². The number of nitrogens with one attached hydrogen (secondary N) is 2. The molecule has 2 aromatic rings. The van der Waals surface area contributed by atoms with Gasteiger partial charge in [0.15, 0.2) is 27.3 Å². The molecule has 2 unspecified atom stereocenters. The number of aliphatic hydroxyl groups is 1. The Bertz CT molecular complexity index is 1350. The second kappa shape index (κ2) is 10.5. The molecule has 0 saturated heterocycles. The monoisotopic (exact) mass is 572 g/mol. The van der Waals surface area contributed by atoms with Crippen LogP contribution >= 0.6 is 11.6 Å². The first-order valence-electron chi connectivity index (χ1n) is 12.2. The molecule has 2 aromatic carbocycles. The van der Waals surface area contributed by atoms with E-state index in [-0.39, 0.29) is 64.2 Å². The van der Waals surface area contributed by atoms with E-state index in [0.29, 0.717) is 25.0 Å². The third-order valence-corrected chi connectivity index (χ3v) is 10.3. The SMILES string of the molecule is CC(C)C(=O)NCC1(O)C2CCC1CC(S(=O)(=O)c1cc(C(=O)Nc3cc(F)c(F)c(F)c3)ccc1Cl)C2. The molecule has 2 atom stereocenters. The zero-order valence-corrected chi connectivity index (χ0v) is 22.3. The van der Waals surface area contributed by atoms with Gasteiger partial charge in [0.05, 0.1) is 20.8 Å². The van der Waals surface area contributed by atoms with Crippen LogP contribution in [0.25, 0.3) is 0 Å². The molecule has 2 saturated carbocycles. The van der Waals surface area contributed by atoms with E-state index < -0.39 is 44.0 Å². The van der Waals surface area contributed by atoms with E-state index in [0.717, 1.165) is 6.07 Å². The van der Waals surface area contributed by atoms with E-state index in [1.165, 1.54) is 12.1 Å². The molecule has 3 N–H and O–H groups in total. The van der Waals surface area contributed by atoms with E-state index in [1.807, 2.05) is 0 Å². The highest BCUT2D eigenvalue weighted by Gasteiger charge is 2.55. The van der Waals surface area contributed by atoms with E-state index in [2.05, 4.69) is 10.6 Å². The molecular formula is C26H28ClF3N2O5S. The Morgan fingerprint density at radius 2 is 1.66 bits per heavy atom. The molecular weight excluding hydrogens is 545 g/mol. The smallest absolute Gasteiger partial charge is 0.255 e. The normalized spacial score (nSPS) is 24.9. The molecule has 2 aliphatic carbocycles. The average molecular weight is 573 g/mol. The molecule has 38 heavy (non-hydrogen) atoms. The van der Waals surface area contributed by atoms with E-state index in [4.69, 9.17) is 11.6 Å². The summed E-state index contributed by atoms with van der Waals surface area (Å²) >= 11 is 6.23. The Labute approximate surface area is 223 Å². The molecule has 2 bridgehead atoms. The van der Waals surface area contributed by atoms with Gasteiger partial charge in [-0.15, -0.1) is 0 Å². The Hall–Kier alpha value is -2.63. The zero-order valence-electron chi connectivity index (χ0n) is 20.7. The number of anilines is 1. The van der Waals surface area contributed by atoms with Crippen LogP contribution in [0.2, 0.25) is 5.02 Å². The lowest BCUT2D eigenvalue weighted by Crippen LogP contribution is -2.55. The molecule has 0 heterocycles. The van der Waals surface area contributed by atoms with Crippen LogP contribution in [0.1, 0.15) is 49.9 Å². The second-order valence-electron chi connectivity index (χ2n) is 10.3. The minimum absolute atomic E-state index is 0.0487. The average Bonchev–Trinajstić information content (AvgIpc) is 3.01. The van der Waals surface area contributed by atoms with Crippen molar-refractivity contribution in [3.8, 4) is 0 Å². The molecule has 0 aromatic heterocycles. The molecule has 12 heteroatoms. The van der Waals surface area contributed by atoms with Crippen molar-refractivity contribution in [2.45, 2.75) is 55.3 Å². The van der Waals surface area contributed by atoms with Gasteiger partial charge in [-0.1, -0.05) is 25.4 Å². The van der Waals surface area contributed by atoms with Crippen LogP contribution in [0, 0.1) is 35.2 Å². The Morgan fingerprint density at radius 3 is 2.21 bits per heavy atom. The number of benzene rings is 2. The van der Waals surface area contributed by atoms with Crippen LogP contribution in [0.4, 0.5) is 18.9 Å². The summed E-state index contributed by atoms with van der Waals surface area (Å²) in [5.74, 6) is -6.67. The van der Waals surface area contributed by atoms with Crippen LogP contribution in [-0.4, -0.2) is 42.7 Å². The number of hydrogen-bond acceptors (Lipinski definition) is 5. The Morgan fingerprint density at radius 1 is 1.08 bits per heavy atom. The van der Waals surface area contributed by atoms with Crippen LogP contribution in [0.3, 0.4) is 0 Å². The van der Waals surface area contributed by atoms with Crippen LogP contribution < -0.4 is 10.6 Å². The van der Waals surface area contributed by atoms with Crippen molar-refractivity contribution in [2.24, 2.45) is 17.8 Å². The summed E-state index contributed by atoms with van der Waals surface area (Å²) in [5.41, 5.74) is -1.69. The fourth-order valence-corrected chi connectivity index (χ4v) is 7.86. The summed E-state index contributed by atoms with van der Waals surface area (Å²) < 4.78 is 67.5. The fourth-order valence-electron chi connectivity index (χ4n) is 5.46. The maximum atomic E-state index is 13.6. The summed E-state index contributed by atoms with van der Waals surface area (Å²) in [7, 11) is -4.04. The molecule has 2 amide bonds. The van der Waals surface area contributed by atoms with Crippen molar-refractivity contribution in [1.29, 1.82) is 0 Å². The number of hydrogen-bond donors (Lipinski definition) is 3. The van der Waals surface area contributed by atoms with Gasteiger partial charge in [0.25, 0.3) is 5.91 Å². The Balaban J connectivity index is 1.54. The van der Waals surface area contributed by atoms with Crippen LogP contribution in [0.15, 0.2) is 35.2 Å². The van der Waals surface area contributed by atoms with Gasteiger partial charge in [-0.3, -0.25) is 9.59 Å². The summed E-state index contributed by atoms with van der Waals surface area (Å²) in [6.45, 7) is 3.53. The number of rotatable bonds is 7. The Kier molecular flexibility index (Phi) is 7.84. The third kappa shape index (κ3) is 5.28. The summed E-state index contributed by atoms with van der Waals surface area (Å²) in [4.78, 5) is 24.5. The van der Waals surface area contributed by atoms with Gasteiger partial charge in [-0.05, 0) is 55.7 Å². The molecule has 0 spiro atoms. The minimum Gasteiger partial charge on any atom is -0.387 e. The predicted molar refractivity (Wildman–Crippen MR) is 135 cm³/mol. The molecule has 0 aliphatic heterocycles. The summed E-state index contributed by atoms with van der Waals surface area (Å²) in [6.07, 6.45) is 1.55. The molecule has 4 rings (SSSR count). The minimum atomic E-state index is -4.04. The number of halogens is 4. The predicted octanol–water partition coefficient (Wildman–Crippen LogP) is 4.48. The topological polar surface area (TPSA) is 113 Å². The number of carbonyl (C=O) groups is 2. The standard InChI is InChI=1S/C26H28ClF3N2O5S/c1-13(2)24(33)31-12-26(35)15-4-5-16(26)9-18(8-15)38(36,37)22-7-14(3-6-19(22)27)25(34)32-17-10-20(28)23(30)21(29)11-17/h3,6-7,10-11,13,15-16,18,35H,4-5,8-9,12H2,1-2H3,(H,31,33)(H,32,34). The second-order valence-corrected chi connectivity index (χ2v) is 12.9. The van der Waals surface area contributed by atoms with Crippen LogP contribution in [-0.2, 0) is 14.6 Å². The van der Waals surface area contributed by atoms with Gasteiger partial charge in [0.2, 0.25) is 5.91 Å². The van der Waals surface area contributed by atoms with E-state index in [1.54, 1.807) is 13.8 Å². The molecule has 7 nitrogen and oxygen atoms in total. The van der Waals surface area contributed by atoms with Crippen molar-refractivity contribution in [1.82, 2.24) is 5.32 Å². The van der Waals surface area contributed by atoms with Gasteiger partial charge in [0.1, 0.15) is 0 Å². The summed E-state index contributed by atoms with van der Waals surface area (Å²) in [5, 5.41) is 15.4. The molecule has 2 aliphatic rings. The first-order chi connectivity index (χ1) is 17.7. The number of carbonyl (C=O) groups excluding carboxylic acids is 2. The lowest BCUT2D eigenvalue weighted by atomic mass is 9.74. The van der Waals surface area contributed by atoms with Gasteiger partial charge in [0, 0.05) is 35.8 Å².